The number of nitrogens with zero attached hydrogens (tertiary/aromatic N) is 2. The monoisotopic (exact) mass is 371 g/mol. The molecule has 0 unspecified atom stereocenters. The van der Waals surface area contributed by atoms with Gasteiger partial charge in [0, 0.05) is 15.8 Å². The van der Waals surface area contributed by atoms with E-state index in [2.05, 4.69) is 85.9 Å². The molecular formula is C18H16BrN2S+. The Morgan fingerprint density at radius 3 is 2.55 bits per heavy atom. The van der Waals surface area contributed by atoms with Crippen molar-refractivity contribution < 1.29 is 4.57 Å². The molecule has 1 aromatic heterocycles. The average molecular weight is 372 g/mol. The molecule has 0 saturated carbocycles. The molecular weight excluding hydrogens is 356 g/mol. The molecule has 0 spiro atoms. The lowest BCUT2D eigenvalue weighted by molar-refractivity contribution is -0.734. The van der Waals surface area contributed by atoms with Crippen LogP contribution >= 0.6 is 27.7 Å². The van der Waals surface area contributed by atoms with E-state index in [1.54, 1.807) is 0 Å². The molecule has 22 heavy (non-hydrogen) atoms. The quantitative estimate of drug-likeness (QED) is 0.593. The van der Waals surface area contributed by atoms with Crippen LogP contribution in [0.4, 0.5) is 0 Å². The lowest BCUT2D eigenvalue weighted by atomic mass is 10.1. The Bertz CT molecular complexity index is 794. The van der Waals surface area contributed by atoms with E-state index in [1.807, 2.05) is 11.8 Å². The van der Waals surface area contributed by atoms with Crippen LogP contribution in [0.25, 0.3) is 16.9 Å². The van der Waals surface area contributed by atoms with Gasteiger partial charge in [-0.3, -0.25) is 0 Å². The van der Waals surface area contributed by atoms with Gasteiger partial charge in [-0.25, -0.2) is 4.57 Å². The van der Waals surface area contributed by atoms with Crippen LogP contribution in [0.15, 0.2) is 70.4 Å². The molecule has 1 aliphatic rings. The van der Waals surface area contributed by atoms with Crippen LogP contribution in [0.1, 0.15) is 6.42 Å². The van der Waals surface area contributed by atoms with Crippen molar-refractivity contribution in [2.75, 3.05) is 5.75 Å². The van der Waals surface area contributed by atoms with Crippen LogP contribution in [0.2, 0.25) is 0 Å². The van der Waals surface area contributed by atoms with E-state index in [0.717, 1.165) is 11.0 Å². The highest BCUT2D eigenvalue weighted by Gasteiger charge is 2.28. The number of hydrogen-bond donors (Lipinski definition) is 0. The molecule has 3 aromatic rings. The van der Waals surface area contributed by atoms with Gasteiger partial charge >= 0.3 is 5.16 Å². The molecule has 0 amide bonds. The first-order valence-corrected chi connectivity index (χ1v) is 9.20. The molecule has 0 radical (unpaired) electrons. The molecule has 0 atom stereocenters. The van der Waals surface area contributed by atoms with Crippen molar-refractivity contribution in [3.63, 3.8) is 0 Å². The van der Waals surface area contributed by atoms with Gasteiger partial charge in [-0.2, -0.15) is 4.57 Å². The number of aromatic nitrogens is 2. The summed E-state index contributed by atoms with van der Waals surface area (Å²) in [4.78, 5) is 0. The lowest BCUT2D eigenvalue weighted by Crippen LogP contribution is -2.37. The molecule has 0 fully saturated rings. The van der Waals surface area contributed by atoms with Gasteiger partial charge in [0.25, 0.3) is 0 Å². The molecule has 0 N–H and O–H groups in total. The number of hydrogen-bond acceptors (Lipinski definition) is 1. The summed E-state index contributed by atoms with van der Waals surface area (Å²) in [5, 5.41) is 1.33. The van der Waals surface area contributed by atoms with Gasteiger partial charge in [0.1, 0.15) is 11.9 Å². The standard InChI is InChI=1S/C18H16BrN2S/c19-15-7-9-16(10-8-15)21-17(14-5-2-1-3-6-14)13-20-11-4-12-22-18(20)21/h1-3,5-10,13H,4,11-12H2/q+1. The van der Waals surface area contributed by atoms with E-state index in [4.69, 9.17) is 0 Å². The molecule has 2 heterocycles. The first kappa shape index (κ1) is 14.1. The van der Waals surface area contributed by atoms with Crippen molar-refractivity contribution in [2.24, 2.45) is 0 Å². The first-order valence-electron chi connectivity index (χ1n) is 7.42. The van der Waals surface area contributed by atoms with Crippen LogP contribution < -0.4 is 4.57 Å². The summed E-state index contributed by atoms with van der Waals surface area (Å²) < 4.78 is 5.88. The molecule has 0 bridgehead atoms. The van der Waals surface area contributed by atoms with Crippen LogP contribution in [0.5, 0.6) is 0 Å². The number of rotatable bonds is 2. The third-order valence-corrected chi connectivity index (χ3v) is 5.58. The van der Waals surface area contributed by atoms with E-state index < -0.39 is 0 Å². The van der Waals surface area contributed by atoms with Crippen molar-refractivity contribution in [3.05, 3.63) is 65.3 Å². The predicted molar refractivity (Wildman–Crippen MR) is 94.4 cm³/mol. The third-order valence-electron chi connectivity index (χ3n) is 3.88. The van der Waals surface area contributed by atoms with Gasteiger partial charge in [0.15, 0.2) is 5.69 Å². The Hall–Kier alpha value is -1.52. The Morgan fingerprint density at radius 2 is 1.77 bits per heavy atom. The van der Waals surface area contributed by atoms with Gasteiger partial charge in [0.05, 0.1) is 6.54 Å². The molecule has 2 aromatic carbocycles. The summed E-state index contributed by atoms with van der Waals surface area (Å²) >= 11 is 5.47. The maximum atomic E-state index is 3.53. The summed E-state index contributed by atoms with van der Waals surface area (Å²) in [5.41, 5.74) is 3.73. The van der Waals surface area contributed by atoms with E-state index >= 15 is 0 Å². The van der Waals surface area contributed by atoms with Crippen LogP contribution in [-0.2, 0) is 6.54 Å². The topological polar surface area (TPSA) is 8.81 Å². The second-order valence-corrected chi connectivity index (χ2v) is 7.35. The summed E-state index contributed by atoms with van der Waals surface area (Å²) in [6, 6.07) is 19.2. The summed E-state index contributed by atoms with van der Waals surface area (Å²) in [5.74, 6) is 1.19. The number of fused-ring (bicyclic) bond motifs is 1. The summed E-state index contributed by atoms with van der Waals surface area (Å²) in [7, 11) is 0. The Kier molecular flexibility index (Phi) is 3.80. The van der Waals surface area contributed by atoms with Crippen molar-refractivity contribution in [1.82, 2.24) is 4.57 Å². The predicted octanol–water partition coefficient (Wildman–Crippen LogP) is 4.69. The molecule has 0 saturated heterocycles. The molecule has 1 aliphatic heterocycles. The normalized spacial score (nSPS) is 13.9. The minimum Gasteiger partial charge on any atom is -0.224 e. The van der Waals surface area contributed by atoms with Gasteiger partial charge in [-0.1, -0.05) is 46.3 Å². The zero-order valence-corrected chi connectivity index (χ0v) is 14.5. The number of thioether (sulfide) groups is 1. The smallest absolute Gasteiger partial charge is 0.224 e. The molecule has 2 nitrogen and oxygen atoms in total. The molecule has 0 aliphatic carbocycles. The fourth-order valence-corrected chi connectivity index (χ4v) is 4.21. The zero-order chi connectivity index (χ0) is 14.9. The van der Waals surface area contributed by atoms with Crippen molar-refractivity contribution in [1.29, 1.82) is 0 Å². The van der Waals surface area contributed by atoms with Gasteiger partial charge in [0.2, 0.25) is 0 Å². The van der Waals surface area contributed by atoms with Gasteiger partial charge in [-0.05, 0) is 42.4 Å². The molecule has 4 heteroatoms. The summed E-state index contributed by atoms with van der Waals surface area (Å²) in [6.07, 6.45) is 3.53. The Balaban J connectivity index is 1.94. The second kappa shape index (κ2) is 5.94. The van der Waals surface area contributed by atoms with Crippen LogP contribution in [0, 0.1) is 0 Å². The Morgan fingerprint density at radius 1 is 1.00 bits per heavy atom. The highest BCUT2D eigenvalue weighted by molar-refractivity contribution is 9.10. The van der Waals surface area contributed by atoms with E-state index in [9.17, 15) is 0 Å². The largest absolute Gasteiger partial charge is 0.323 e. The maximum Gasteiger partial charge on any atom is 0.323 e. The number of imidazole rings is 1. The number of benzene rings is 2. The molecule has 110 valence electrons. The van der Waals surface area contributed by atoms with Crippen molar-refractivity contribution >= 4 is 27.7 Å². The highest BCUT2D eigenvalue weighted by Crippen LogP contribution is 2.31. The number of halogens is 1. The SMILES string of the molecule is Brc1ccc(-n2c(-c3ccccc3)c[n+]3c2SCCC3)cc1. The second-order valence-electron chi connectivity index (χ2n) is 5.37. The van der Waals surface area contributed by atoms with Gasteiger partial charge < -0.3 is 0 Å². The van der Waals surface area contributed by atoms with E-state index in [0.29, 0.717) is 0 Å². The van der Waals surface area contributed by atoms with E-state index in [-0.39, 0.29) is 0 Å². The first-order chi connectivity index (χ1) is 10.8. The van der Waals surface area contributed by atoms with Crippen LogP contribution in [-0.4, -0.2) is 10.3 Å². The van der Waals surface area contributed by atoms with Crippen LogP contribution in [0.3, 0.4) is 0 Å². The Labute approximate surface area is 142 Å². The summed E-state index contributed by atoms with van der Waals surface area (Å²) in [6.45, 7) is 1.10. The highest BCUT2D eigenvalue weighted by atomic mass is 79.9. The minimum absolute atomic E-state index is 1.10. The van der Waals surface area contributed by atoms with Gasteiger partial charge in [-0.15, -0.1) is 0 Å². The van der Waals surface area contributed by atoms with Crippen molar-refractivity contribution in [3.8, 4) is 16.9 Å². The zero-order valence-electron chi connectivity index (χ0n) is 12.1. The number of aryl methyl sites for hydroxylation is 1. The van der Waals surface area contributed by atoms with E-state index in [1.165, 1.54) is 34.3 Å². The maximum absolute atomic E-state index is 3.53. The lowest BCUT2D eigenvalue weighted by Gasteiger charge is -2.09. The fourth-order valence-electron chi connectivity index (χ4n) is 2.85. The third kappa shape index (κ3) is 2.50. The molecule has 4 rings (SSSR count). The fraction of sp³-hybridized carbons (Fsp3) is 0.167. The van der Waals surface area contributed by atoms with Crippen molar-refractivity contribution in [2.45, 2.75) is 18.1 Å². The average Bonchev–Trinajstić information content (AvgIpc) is 2.96. The minimum atomic E-state index is 1.10.